The molecule has 4 amide bonds. The summed E-state index contributed by atoms with van der Waals surface area (Å²) in [6.07, 6.45) is -1.08. The number of aromatic hydroxyl groups is 1. The van der Waals surface area contributed by atoms with Crippen molar-refractivity contribution in [3.05, 3.63) is 142 Å². The number of pyridine rings is 1. The number of hydrogen-bond donors (Lipinski definition) is 1. The number of carbonyl (C=O) groups is 4. The van der Waals surface area contributed by atoms with Gasteiger partial charge in [0, 0.05) is 23.6 Å². The first-order valence-electron chi connectivity index (χ1n) is 17.9. The average molecular weight is 802 g/mol. The number of para-hydroxylation sites is 1. The summed E-state index contributed by atoms with van der Waals surface area (Å²) < 4.78 is 41.1. The number of rotatable bonds is 7. The van der Waals surface area contributed by atoms with Crippen LogP contribution in [0.1, 0.15) is 41.1 Å². The summed E-state index contributed by atoms with van der Waals surface area (Å²) >= 11 is 12.7. The molecule has 6 atom stereocenters. The van der Waals surface area contributed by atoms with E-state index in [2.05, 4.69) is 11.6 Å². The minimum Gasteiger partial charge on any atom is -0.507 e. The van der Waals surface area contributed by atoms with Crippen molar-refractivity contribution in [1.82, 2.24) is 9.99 Å². The monoisotopic (exact) mass is 800 g/mol. The second-order valence-corrected chi connectivity index (χ2v) is 15.3. The van der Waals surface area contributed by atoms with Crippen molar-refractivity contribution >= 4 is 58.3 Å². The molecule has 3 heterocycles. The molecule has 2 aliphatic carbocycles. The number of alkyl halides is 3. The lowest BCUT2D eigenvalue weighted by Crippen LogP contribution is -2.53. The molecule has 3 aromatic carbocycles. The minimum absolute atomic E-state index is 0.0354. The van der Waals surface area contributed by atoms with Crippen LogP contribution in [-0.2, 0) is 37.2 Å². The molecule has 2 aliphatic heterocycles. The normalized spacial score (nSPS) is 25.8. The van der Waals surface area contributed by atoms with Crippen LogP contribution >= 0.6 is 23.2 Å². The van der Waals surface area contributed by atoms with E-state index in [9.17, 15) is 32.7 Å². The van der Waals surface area contributed by atoms with Crippen molar-refractivity contribution in [2.45, 2.75) is 36.8 Å². The van der Waals surface area contributed by atoms with Crippen molar-refractivity contribution in [3.63, 3.8) is 0 Å². The molecule has 2 saturated heterocycles. The number of hydrazine groups is 1. The summed E-state index contributed by atoms with van der Waals surface area (Å²) in [6.45, 7) is 3.82. The first kappa shape index (κ1) is 37.5. The summed E-state index contributed by atoms with van der Waals surface area (Å²) in [5.41, 5.74) is -0.641. The molecule has 0 unspecified atom stereocenters. The number of halogens is 5. The lowest BCUT2D eigenvalue weighted by molar-refractivity contribution is -0.141. The standard InChI is InChI=1S/C42H33Cl2F3N4O5/c1-3-9-22-10-7-15-28(35(22)52)34-26-16-17-27-33(39(55)51(37(27)53)49(2)36-31(44)18-19-32(48-36)42(45,46)47)29(26)21-30-38(54)50(25-14-8-13-24(43)20-25)40(56)41(30,34)23-11-5-4-6-12-23/h3-8,10-16,18-20,27,29-30,33-34,52H,1,9,17,21H2,2H3/t27-,29+,30-,33-,34+,41+/m0/s1. The van der Waals surface area contributed by atoms with E-state index in [1.54, 1.807) is 72.8 Å². The fourth-order valence-corrected chi connectivity index (χ4v) is 9.85. The van der Waals surface area contributed by atoms with Crippen LogP contribution in [0.25, 0.3) is 0 Å². The van der Waals surface area contributed by atoms with Crippen LogP contribution in [0.2, 0.25) is 10.0 Å². The zero-order valence-corrected chi connectivity index (χ0v) is 31.2. The summed E-state index contributed by atoms with van der Waals surface area (Å²) in [5, 5.41) is 13.8. The molecule has 4 aliphatic rings. The lowest BCUT2D eigenvalue weighted by atomic mass is 9.49. The van der Waals surface area contributed by atoms with Crippen molar-refractivity contribution in [2.24, 2.45) is 23.7 Å². The number of imide groups is 2. The molecule has 1 N–H and O–H groups in total. The first-order chi connectivity index (χ1) is 26.7. The maximum atomic E-state index is 15.4. The number of carbonyl (C=O) groups excluding carboxylic acids is 4. The highest BCUT2D eigenvalue weighted by molar-refractivity contribution is 6.33. The highest BCUT2D eigenvalue weighted by Gasteiger charge is 2.70. The number of allylic oxidation sites excluding steroid dienone is 3. The second kappa shape index (κ2) is 13.6. The Morgan fingerprint density at radius 3 is 2.38 bits per heavy atom. The number of amides is 4. The number of phenolic OH excluding ortho intramolecular Hbond substituents is 1. The van der Waals surface area contributed by atoms with Gasteiger partial charge in [-0.1, -0.05) is 95.5 Å². The third-order valence-corrected chi connectivity index (χ3v) is 12.2. The van der Waals surface area contributed by atoms with E-state index in [0.717, 1.165) is 21.0 Å². The molecule has 0 radical (unpaired) electrons. The number of aromatic nitrogens is 1. The number of phenols is 1. The molecule has 9 nitrogen and oxygen atoms in total. The third kappa shape index (κ3) is 5.48. The Labute approximate surface area is 329 Å². The zero-order chi connectivity index (χ0) is 39.8. The zero-order valence-electron chi connectivity index (χ0n) is 29.7. The molecular weight excluding hydrogens is 768 g/mol. The predicted octanol–water partition coefficient (Wildman–Crippen LogP) is 8.06. The molecule has 56 heavy (non-hydrogen) atoms. The van der Waals surface area contributed by atoms with Crippen LogP contribution in [0.5, 0.6) is 5.75 Å². The summed E-state index contributed by atoms with van der Waals surface area (Å²) in [6, 6.07) is 22.1. The van der Waals surface area contributed by atoms with Crippen LogP contribution in [0.3, 0.4) is 0 Å². The lowest BCUT2D eigenvalue weighted by Gasteiger charge is -2.50. The smallest absolute Gasteiger partial charge is 0.433 e. The van der Waals surface area contributed by atoms with Crippen LogP contribution in [0.15, 0.2) is 109 Å². The van der Waals surface area contributed by atoms with Gasteiger partial charge >= 0.3 is 6.18 Å². The van der Waals surface area contributed by atoms with Gasteiger partial charge < -0.3 is 5.11 Å². The van der Waals surface area contributed by atoms with Crippen molar-refractivity contribution < 1.29 is 37.5 Å². The highest BCUT2D eigenvalue weighted by Crippen LogP contribution is 2.65. The maximum Gasteiger partial charge on any atom is 0.433 e. The molecule has 1 aromatic heterocycles. The molecule has 0 spiro atoms. The third-order valence-electron chi connectivity index (χ3n) is 11.7. The van der Waals surface area contributed by atoms with Crippen molar-refractivity contribution in [2.75, 3.05) is 17.0 Å². The second-order valence-electron chi connectivity index (χ2n) is 14.5. The highest BCUT2D eigenvalue weighted by atomic mass is 35.5. The van der Waals surface area contributed by atoms with Gasteiger partial charge in [0.05, 0.1) is 33.9 Å². The average Bonchev–Trinajstić information content (AvgIpc) is 3.56. The van der Waals surface area contributed by atoms with Crippen molar-refractivity contribution in [1.29, 1.82) is 0 Å². The molecule has 1 saturated carbocycles. The topological polar surface area (TPSA) is 111 Å². The maximum absolute atomic E-state index is 15.4. The number of hydrogen-bond acceptors (Lipinski definition) is 7. The fraction of sp³-hybridized carbons (Fsp3) is 0.262. The summed E-state index contributed by atoms with van der Waals surface area (Å²) in [4.78, 5) is 64.1. The van der Waals surface area contributed by atoms with Gasteiger partial charge in [-0.25, -0.2) is 9.88 Å². The Bertz CT molecular complexity index is 2370. The van der Waals surface area contributed by atoms with Crippen LogP contribution in [0.4, 0.5) is 24.7 Å². The van der Waals surface area contributed by atoms with E-state index >= 15 is 4.79 Å². The van der Waals surface area contributed by atoms with Gasteiger partial charge in [0.1, 0.15) is 11.4 Å². The van der Waals surface area contributed by atoms with E-state index in [-0.39, 0.29) is 29.3 Å². The van der Waals surface area contributed by atoms with E-state index in [1.807, 2.05) is 6.08 Å². The predicted molar refractivity (Wildman–Crippen MR) is 203 cm³/mol. The molecule has 8 rings (SSSR count). The molecular formula is C42H33Cl2F3N4O5. The number of anilines is 2. The Morgan fingerprint density at radius 2 is 1.68 bits per heavy atom. The number of nitrogens with zero attached hydrogens (tertiary/aromatic N) is 4. The van der Waals surface area contributed by atoms with Gasteiger partial charge in [-0.2, -0.15) is 18.2 Å². The Hall–Kier alpha value is -5.46. The SMILES string of the molecule is C=CCc1cccc([C@H]2C3=CC[C@@H]4C(=O)N(N(C)c5nc(C(F)(F)F)ccc5Cl)C(=O)[C@@H]4[C@@H]3C[C@H]3C(=O)N(c4cccc(Cl)c4)C(=O)[C@@]23c2ccccc2)c1O. The molecule has 3 fully saturated rings. The van der Waals surface area contributed by atoms with Gasteiger partial charge in [-0.05, 0) is 66.6 Å². The van der Waals surface area contributed by atoms with Crippen molar-refractivity contribution in [3.8, 4) is 5.75 Å². The van der Waals surface area contributed by atoms with Crippen LogP contribution in [-0.4, -0.2) is 45.8 Å². The van der Waals surface area contributed by atoms with E-state index in [0.29, 0.717) is 39.8 Å². The summed E-state index contributed by atoms with van der Waals surface area (Å²) in [5.74, 6) is -7.96. The van der Waals surface area contributed by atoms with Crippen LogP contribution < -0.4 is 9.91 Å². The van der Waals surface area contributed by atoms with Gasteiger partial charge in [0.25, 0.3) is 11.8 Å². The quantitative estimate of drug-likeness (QED) is 0.149. The van der Waals surface area contributed by atoms with Crippen LogP contribution in [0, 0.1) is 23.7 Å². The van der Waals surface area contributed by atoms with E-state index in [1.165, 1.54) is 13.1 Å². The van der Waals surface area contributed by atoms with Gasteiger partial charge in [0.2, 0.25) is 11.8 Å². The van der Waals surface area contributed by atoms with Gasteiger partial charge in [-0.15, -0.1) is 6.58 Å². The first-order valence-corrected chi connectivity index (χ1v) is 18.6. The molecule has 4 aromatic rings. The van der Waals surface area contributed by atoms with E-state index in [4.69, 9.17) is 23.2 Å². The Morgan fingerprint density at radius 1 is 0.946 bits per heavy atom. The van der Waals surface area contributed by atoms with Gasteiger partial charge in [-0.3, -0.25) is 24.2 Å². The van der Waals surface area contributed by atoms with Gasteiger partial charge in [0.15, 0.2) is 5.82 Å². The van der Waals surface area contributed by atoms with E-state index < -0.39 is 76.3 Å². The fourth-order valence-electron chi connectivity index (χ4n) is 9.44. The Balaban J connectivity index is 1.32. The number of benzene rings is 3. The molecule has 14 heteroatoms. The molecule has 0 bridgehead atoms. The number of fused-ring (bicyclic) bond motifs is 4. The Kier molecular flexibility index (Phi) is 9.12. The largest absolute Gasteiger partial charge is 0.507 e. The summed E-state index contributed by atoms with van der Waals surface area (Å²) in [7, 11) is 1.24. The minimum atomic E-state index is -4.83. The molecule has 286 valence electrons.